The molecule has 0 unspecified atom stereocenters. The molecule has 0 saturated heterocycles. The molecular weight excluding hydrogens is 443 g/mol. The van der Waals surface area contributed by atoms with Gasteiger partial charge in [-0.3, -0.25) is 4.99 Å². The van der Waals surface area contributed by atoms with Crippen LogP contribution in [-0.2, 0) is 0 Å². The fourth-order valence-electron chi connectivity index (χ4n) is 4.22. The van der Waals surface area contributed by atoms with Crippen LogP contribution >= 0.6 is 23.2 Å². The van der Waals surface area contributed by atoms with Crippen molar-refractivity contribution in [3.05, 3.63) is 52.5 Å². The lowest BCUT2D eigenvalue weighted by Crippen LogP contribution is -2.14. The Bertz CT molecular complexity index is 1390. The summed E-state index contributed by atoms with van der Waals surface area (Å²) in [5.74, 6) is 1.44. The third kappa shape index (κ3) is 3.76. The van der Waals surface area contributed by atoms with Crippen molar-refractivity contribution < 1.29 is 4.74 Å². The molecule has 0 atom stereocenters. The SMILES string of the molecule is CCCCC(N)=NCCOc1c2[nH]c3ccc(Cl)cc3c2cc2c1[nH]c1ccc(Cl)cc12. The van der Waals surface area contributed by atoms with Gasteiger partial charge < -0.3 is 20.4 Å². The van der Waals surface area contributed by atoms with Crippen LogP contribution in [0.3, 0.4) is 0 Å². The molecule has 4 N–H and O–H groups in total. The average molecular weight is 467 g/mol. The van der Waals surface area contributed by atoms with Gasteiger partial charge in [0.2, 0.25) is 0 Å². The Hall–Kier alpha value is -2.89. The lowest BCUT2D eigenvalue weighted by atomic mass is 10.1. The fraction of sp³-hybridized carbons (Fsp3) is 0.240. The number of unbranched alkanes of at least 4 members (excludes halogenated alkanes) is 1. The average Bonchev–Trinajstić information content (AvgIpc) is 3.32. The number of H-pyrrole nitrogens is 2. The lowest BCUT2D eigenvalue weighted by molar-refractivity contribution is 0.335. The molecule has 0 amide bonds. The van der Waals surface area contributed by atoms with Gasteiger partial charge in [-0.15, -0.1) is 0 Å². The van der Waals surface area contributed by atoms with Gasteiger partial charge in [-0.1, -0.05) is 36.5 Å². The molecule has 0 aliphatic heterocycles. The summed E-state index contributed by atoms with van der Waals surface area (Å²) >= 11 is 12.6. The van der Waals surface area contributed by atoms with Crippen LogP contribution in [0.4, 0.5) is 0 Å². The second-order valence-corrected chi connectivity index (χ2v) is 8.88. The van der Waals surface area contributed by atoms with Crippen molar-refractivity contribution in [1.82, 2.24) is 9.97 Å². The third-order valence-corrected chi connectivity index (χ3v) is 6.25. The number of nitrogens with two attached hydrogens (primary N) is 1. The minimum atomic E-state index is 0.424. The number of benzene rings is 3. The van der Waals surface area contributed by atoms with E-state index in [0.717, 1.165) is 68.6 Å². The number of aromatic nitrogens is 2. The van der Waals surface area contributed by atoms with Crippen molar-refractivity contribution in [2.45, 2.75) is 26.2 Å². The minimum Gasteiger partial charge on any atom is -0.487 e. The van der Waals surface area contributed by atoms with Crippen LogP contribution in [0.1, 0.15) is 26.2 Å². The zero-order valence-electron chi connectivity index (χ0n) is 17.8. The van der Waals surface area contributed by atoms with Gasteiger partial charge in [-0.2, -0.15) is 0 Å². The number of nitrogens with zero attached hydrogens (tertiary/aromatic N) is 1. The Morgan fingerprint density at radius 3 is 2.06 bits per heavy atom. The molecule has 32 heavy (non-hydrogen) atoms. The summed E-state index contributed by atoms with van der Waals surface area (Å²) in [5.41, 5.74) is 9.87. The summed E-state index contributed by atoms with van der Waals surface area (Å²) in [6, 6.07) is 13.9. The lowest BCUT2D eigenvalue weighted by Gasteiger charge is -2.09. The highest BCUT2D eigenvalue weighted by molar-refractivity contribution is 6.33. The van der Waals surface area contributed by atoms with Crippen molar-refractivity contribution in [3.8, 4) is 5.75 Å². The zero-order valence-corrected chi connectivity index (χ0v) is 19.3. The maximum Gasteiger partial charge on any atom is 0.167 e. The highest BCUT2D eigenvalue weighted by atomic mass is 35.5. The number of ether oxygens (including phenoxy) is 1. The molecule has 0 saturated carbocycles. The van der Waals surface area contributed by atoms with E-state index < -0.39 is 0 Å². The van der Waals surface area contributed by atoms with Crippen molar-refractivity contribution in [1.29, 1.82) is 0 Å². The third-order valence-electron chi connectivity index (χ3n) is 5.78. The van der Waals surface area contributed by atoms with Crippen LogP contribution in [0.5, 0.6) is 5.75 Å². The summed E-state index contributed by atoms with van der Waals surface area (Å²) < 4.78 is 6.32. The van der Waals surface area contributed by atoms with Gasteiger partial charge in [-0.05, 0) is 48.9 Å². The number of hydrogen-bond donors (Lipinski definition) is 3. The topological polar surface area (TPSA) is 79.2 Å². The van der Waals surface area contributed by atoms with Crippen LogP contribution < -0.4 is 10.5 Å². The highest BCUT2D eigenvalue weighted by Gasteiger charge is 2.18. The van der Waals surface area contributed by atoms with E-state index in [1.165, 1.54) is 0 Å². The Labute approximate surface area is 195 Å². The van der Waals surface area contributed by atoms with Gasteiger partial charge >= 0.3 is 0 Å². The van der Waals surface area contributed by atoms with E-state index in [-0.39, 0.29) is 0 Å². The van der Waals surface area contributed by atoms with E-state index in [2.05, 4.69) is 28.0 Å². The maximum absolute atomic E-state index is 6.32. The molecule has 0 bridgehead atoms. The largest absolute Gasteiger partial charge is 0.487 e. The first-order valence-corrected chi connectivity index (χ1v) is 11.6. The number of aliphatic imine (C=N–C) groups is 1. The quantitative estimate of drug-likeness (QED) is 0.135. The predicted molar refractivity (Wildman–Crippen MR) is 137 cm³/mol. The van der Waals surface area contributed by atoms with E-state index in [1.807, 2.05) is 36.4 Å². The molecule has 5 aromatic rings. The summed E-state index contributed by atoms with van der Waals surface area (Å²) in [6.07, 6.45) is 2.97. The molecule has 5 nitrogen and oxygen atoms in total. The Morgan fingerprint density at radius 1 is 0.906 bits per heavy atom. The van der Waals surface area contributed by atoms with Crippen molar-refractivity contribution >= 4 is 72.6 Å². The summed E-state index contributed by atoms with van der Waals surface area (Å²) in [7, 11) is 0. The van der Waals surface area contributed by atoms with Gasteiger partial charge in [0.1, 0.15) is 6.61 Å². The van der Waals surface area contributed by atoms with Crippen molar-refractivity contribution in [3.63, 3.8) is 0 Å². The molecule has 0 aliphatic carbocycles. The predicted octanol–water partition coefficient (Wildman–Crippen LogP) is 7.19. The van der Waals surface area contributed by atoms with E-state index in [0.29, 0.717) is 29.0 Å². The standard InChI is InChI=1S/C25H24Cl2N4O/c1-2-3-4-22(28)29-9-10-32-25-23-18(16-11-14(26)5-7-20(16)30-23)13-19-17-12-15(27)6-8-21(17)31-24(19)25/h5-8,11-13,30-31H,2-4,9-10H2,1H3,(H2,28,29). The van der Waals surface area contributed by atoms with Crippen molar-refractivity contribution in [2.24, 2.45) is 10.7 Å². The molecular formula is C25H24Cl2N4O. The summed E-state index contributed by atoms with van der Waals surface area (Å²) in [5, 5.41) is 5.60. The Kier molecular flexibility index (Phi) is 5.62. The second kappa shape index (κ2) is 8.57. The van der Waals surface area contributed by atoms with Crippen LogP contribution in [0.15, 0.2) is 47.5 Å². The summed E-state index contributed by atoms with van der Waals surface area (Å²) in [6.45, 7) is 3.07. The molecule has 5 rings (SSSR count). The van der Waals surface area contributed by atoms with Crippen LogP contribution in [0.2, 0.25) is 10.0 Å². The molecule has 0 fully saturated rings. The first-order valence-electron chi connectivity index (χ1n) is 10.8. The van der Waals surface area contributed by atoms with Gasteiger partial charge in [0.15, 0.2) is 5.75 Å². The first kappa shape index (κ1) is 21.0. The normalized spacial score (nSPS) is 12.5. The molecule has 164 valence electrons. The van der Waals surface area contributed by atoms with Gasteiger partial charge in [-0.25, -0.2) is 0 Å². The molecule has 0 radical (unpaired) electrons. The smallest absolute Gasteiger partial charge is 0.167 e. The number of hydrogen-bond acceptors (Lipinski definition) is 2. The number of aromatic amines is 2. The maximum atomic E-state index is 6.32. The molecule has 7 heteroatoms. The second-order valence-electron chi connectivity index (χ2n) is 8.01. The Morgan fingerprint density at radius 2 is 1.50 bits per heavy atom. The number of nitrogens with one attached hydrogen (secondary N) is 2. The van der Waals surface area contributed by atoms with E-state index in [9.17, 15) is 0 Å². The first-order chi connectivity index (χ1) is 15.5. The Balaban J connectivity index is 1.64. The highest BCUT2D eigenvalue weighted by Crippen LogP contribution is 2.41. The molecule has 2 heterocycles. The number of fused-ring (bicyclic) bond motifs is 6. The fourth-order valence-corrected chi connectivity index (χ4v) is 4.56. The van der Waals surface area contributed by atoms with Gasteiger partial charge in [0.05, 0.1) is 23.4 Å². The van der Waals surface area contributed by atoms with Crippen LogP contribution in [-0.4, -0.2) is 29.0 Å². The number of halogens is 2. The number of rotatable bonds is 7. The number of amidine groups is 1. The van der Waals surface area contributed by atoms with E-state index in [4.69, 9.17) is 33.7 Å². The van der Waals surface area contributed by atoms with E-state index >= 15 is 0 Å². The zero-order chi connectivity index (χ0) is 22.2. The molecule has 2 aromatic heterocycles. The van der Waals surface area contributed by atoms with Crippen LogP contribution in [0, 0.1) is 0 Å². The molecule has 0 aliphatic rings. The van der Waals surface area contributed by atoms with Crippen molar-refractivity contribution in [2.75, 3.05) is 13.2 Å². The van der Waals surface area contributed by atoms with E-state index in [1.54, 1.807) is 0 Å². The van der Waals surface area contributed by atoms with Crippen LogP contribution in [0.25, 0.3) is 43.6 Å². The minimum absolute atomic E-state index is 0.424. The van der Waals surface area contributed by atoms with Gasteiger partial charge in [0, 0.05) is 49.0 Å². The monoisotopic (exact) mass is 466 g/mol. The molecule has 3 aromatic carbocycles. The van der Waals surface area contributed by atoms with Gasteiger partial charge in [0.25, 0.3) is 0 Å². The molecule has 0 spiro atoms. The summed E-state index contributed by atoms with van der Waals surface area (Å²) in [4.78, 5) is 11.5.